The van der Waals surface area contributed by atoms with Crippen LogP contribution in [0.1, 0.15) is 0 Å². The Morgan fingerprint density at radius 2 is 1.97 bits per heavy atom. The Balaban J connectivity index is 1.38. The van der Waals surface area contributed by atoms with Gasteiger partial charge in [0.2, 0.25) is 0 Å². The van der Waals surface area contributed by atoms with E-state index in [4.69, 9.17) is 4.74 Å². The highest BCUT2D eigenvalue weighted by molar-refractivity contribution is 7.13. The molecule has 0 aliphatic heterocycles. The Bertz CT molecular complexity index is 1620. The van der Waals surface area contributed by atoms with Crippen molar-refractivity contribution in [1.29, 1.82) is 0 Å². The summed E-state index contributed by atoms with van der Waals surface area (Å²) >= 11 is 1.72. The molecule has 0 aliphatic carbocycles. The van der Waals surface area contributed by atoms with Crippen molar-refractivity contribution in [1.82, 2.24) is 35.0 Å². The van der Waals surface area contributed by atoms with Crippen LogP contribution in [0.2, 0.25) is 0 Å². The highest BCUT2D eigenvalue weighted by atomic mass is 32.1. The number of aromatic nitrogens is 6. The van der Waals surface area contributed by atoms with Gasteiger partial charge in [-0.05, 0) is 49.8 Å². The molecular formula is C26H23N7OS. The van der Waals surface area contributed by atoms with Gasteiger partial charge in [0.05, 0.1) is 29.3 Å². The van der Waals surface area contributed by atoms with Crippen molar-refractivity contribution in [2.24, 2.45) is 0 Å². The van der Waals surface area contributed by atoms with Crippen LogP contribution < -0.4 is 4.74 Å². The molecule has 0 amide bonds. The predicted octanol–water partition coefficient (Wildman–Crippen LogP) is 5.23. The van der Waals surface area contributed by atoms with Gasteiger partial charge in [0.1, 0.15) is 23.7 Å². The molecule has 2 N–H and O–H groups in total. The molecule has 0 atom stereocenters. The van der Waals surface area contributed by atoms with Crippen molar-refractivity contribution in [3.63, 3.8) is 0 Å². The van der Waals surface area contributed by atoms with Gasteiger partial charge in [-0.3, -0.25) is 15.1 Å². The lowest BCUT2D eigenvalue weighted by atomic mass is 10.1. The van der Waals surface area contributed by atoms with Crippen LogP contribution in [0.15, 0.2) is 66.6 Å². The van der Waals surface area contributed by atoms with Gasteiger partial charge >= 0.3 is 0 Å². The van der Waals surface area contributed by atoms with Gasteiger partial charge in [-0.2, -0.15) is 5.10 Å². The van der Waals surface area contributed by atoms with E-state index in [0.29, 0.717) is 6.61 Å². The third-order valence-electron chi connectivity index (χ3n) is 5.84. The van der Waals surface area contributed by atoms with Gasteiger partial charge in [0, 0.05) is 45.7 Å². The fourth-order valence-corrected chi connectivity index (χ4v) is 4.83. The Morgan fingerprint density at radius 1 is 1.03 bits per heavy atom. The average molecular weight is 482 g/mol. The summed E-state index contributed by atoms with van der Waals surface area (Å²) in [6.07, 6.45) is 7.16. The number of hydrogen-bond acceptors (Lipinski definition) is 7. The first-order valence-electron chi connectivity index (χ1n) is 11.2. The van der Waals surface area contributed by atoms with Crippen molar-refractivity contribution < 1.29 is 4.74 Å². The number of rotatable bonds is 7. The van der Waals surface area contributed by atoms with E-state index in [-0.39, 0.29) is 0 Å². The van der Waals surface area contributed by atoms with E-state index >= 15 is 0 Å². The van der Waals surface area contributed by atoms with E-state index in [0.717, 1.165) is 62.4 Å². The van der Waals surface area contributed by atoms with E-state index in [1.807, 2.05) is 32.4 Å². The standard InChI is InChI=1S/C26H23N7OS/c1-33(2)7-8-34-17-10-16(13-27-14-17)21-12-20-23(15-29-21)31-32-25(20)22-11-19-18(24-4-3-9-35-24)5-6-28-26(19)30-22/h3-6,9-15H,7-8H2,1-2H3,(H,28,30)(H,31,32). The number of H-pyrrole nitrogens is 2. The largest absolute Gasteiger partial charge is 0.491 e. The van der Waals surface area contributed by atoms with E-state index in [2.05, 4.69) is 64.7 Å². The van der Waals surface area contributed by atoms with Crippen LogP contribution in [0.3, 0.4) is 0 Å². The lowest BCUT2D eigenvalue weighted by Crippen LogP contribution is -2.19. The number of aromatic amines is 2. The topological polar surface area (TPSA) is 95.6 Å². The summed E-state index contributed by atoms with van der Waals surface area (Å²) in [7, 11) is 4.04. The highest BCUT2D eigenvalue weighted by Gasteiger charge is 2.16. The lowest BCUT2D eigenvalue weighted by Gasteiger charge is -2.11. The molecule has 6 heterocycles. The molecule has 6 rings (SSSR count). The SMILES string of the molecule is CN(C)CCOc1cncc(-c2cc3c(-c4cc5c(-c6cccs6)ccnc5[nH]4)n[nH]c3cn2)c1. The van der Waals surface area contributed by atoms with Crippen molar-refractivity contribution in [2.45, 2.75) is 0 Å². The van der Waals surface area contributed by atoms with E-state index in [1.54, 1.807) is 29.9 Å². The summed E-state index contributed by atoms with van der Waals surface area (Å²) in [6, 6.07) is 12.4. The summed E-state index contributed by atoms with van der Waals surface area (Å²) in [6.45, 7) is 1.43. The second-order valence-electron chi connectivity index (χ2n) is 8.53. The molecule has 0 saturated heterocycles. The molecule has 0 aromatic carbocycles. The minimum absolute atomic E-state index is 0.596. The molecule has 9 heteroatoms. The van der Waals surface area contributed by atoms with Crippen LogP contribution in [0, 0.1) is 0 Å². The van der Waals surface area contributed by atoms with E-state index < -0.39 is 0 Å². The number of thiophene rings is 1. The molecule has 6 aromatic rings. The number of nitrogens with one attached hydrogen (secondary N) is 2. The Morgan fingerprint density at radius 3 is 2.83 bits per heavy atom. The van der Waals surface area contributed by atoms with Crippen molar-refractivity contribution in [2.75, 3.05) is 27.2 Å². The monoisotopic (exact) mass is 481 g/mol. The van der Waals surface area contributed by atoms with Gasteiger partial charge in [-0.25, -0.2) is 4.98 Å². The van der Waals surface area contributed by atoms with Crippen LogP contribution in [-0.2, 0) is 0 Å². The number of hydrogen-bond donors (Lipinski definition) is 2. The second kappa shape index (κ2) is 8.94. The van der Waals surface area contributed by atoms with Crippen molar-refractivity contribution in [3.8, 4) is 38.8 Å². The fourth-order valence-electron chi connectivity index (χ4n) is 4.06. The van der Waals surface area contributed by atoms with E-state index in [1.165, 1.54) is 4.88 Å². The van der Waals surface area contributed by atoms with Crippen LogP contribution in [-0.4, -0.2) is 62.3 Å². The predicted molar refractivity (Wildman–Crippen MR) is 140 cm³/mol. The lowest BCUT2D eigenvalue weighted by molar-refractivity contribution is 0.261. The maximum absolute atomic E-state index is 5.86. The normalized spacial score (nSPS) is 11.6. The van der Waals surface area contributed by atoms with Gasteiger partial charge < -0.3 is 14.6 Å². The Hall–Kier alpha value is -4.08. The molecule has 6 aromatic heterocycles. The first kappa shape index (κ1) is 21.5. The quantitative estimate of drug-likeness (QED) is 0.324. The molecule has 0 unspecified atom stereocenters. The minimum atomic E-state index is 0.596. The summed E-state index contributed by atoms with van der Waals surface area (Å²) in [4.78, 5) is 20.3. The first-order valence-corrected chi connectivity index (χ1v) is 12.1. The van der Waals surface area contributed by atoms with Crippen LogP contribution in [0.5, 0.6) is 5.75 Å². The number of likely N-dealkylation sites (N-methyl/N-ethyl adjacent to an activating group) is 1. The number of pyridine rings is 3. The zero-order chi connectivity index (χ0) is 23.8. The zero-order valence-electron chi connectivity index (χ0n) is 19.3. The smallest absolute Gasteiger partial charge is 0.138 e. The molecule has 35 heavy (non-hydrogen) atoms. The third-order valence-corrected chi connectivity index (χ3v) is 6.74. The molecule has 174 valence electrons. The molecule has 0 saturated carbocycles. The van der Waals surface area contributed by atoms with Gasteiger partial charge in [0.15, 0.2) is 0 Å². The number of nitrogens with zero attached hydrogens (tertiary/aromatic N) is 5. The average Bonchev–Trinajstić information content (AvgIpc) is 3.62. The molecule has 0 spiro atoms. The van der Waals surface area contributed by atoms with Gasteiger partial charge in [0.25, 0.3) is 0 Å². The molecule has 0 bridgehead atoms. The maximum atomic E-state index is 5.86. The second-order valence-corrected chi connectivity index (χ2v) is 9.48. The van der Waals surface area contributed by atoms with E-state index in [9.17, 15) is 0 Å². The van der Waals surface area contributed by atoms with Crippen LogP contribution in [0.4, 0.5) is 0 Å². The third kappa shape index (κ3) is 4.16. The zero-order valence-corrected chi connectivity index (χ0v) is 20.1. The summed E-state index contributed by atoms with van der Waals surface area (Å²) in [5, 5.41) is 11.8. The minimum Gasteiger partial charge on any atom is -0.491 e. The highest BCUT2D eigenvalue weighted by Crippen LogP contribution is 2.35. The Labute approximate surface area is 205 Å². The first-order chi connectivity index (χ1) is 17.2. The maximum Gasteiger partial charge on any atom is 0.138 e. The van der Waals surface area contributed by atoms with Crippen LogP contribution >= 0.6 is 11.3 Å². The summed E-state index contributed by atoms with van der Waals surface area (Å²) in [5.74, 6) is 0.724. The molecule has 0 aliphatic rings. The Kier molecular flexibility index (Phi) is 5.48. The molecular weight excluding hydrogens is 458 g/mol. The fraction of sp³-hybridized carbons (Fsp3) is 0.154. The summed E-state index contributed by atoms with van der Waals surface area (Å²) < 4.78 is 5.86. The molecule has 0 radical (unpaired) electrons. The molecule has 0 fully saturated rings. The molecule has 8 nitrogen and oxygen atoms in total. The van der Waals surface area contributed by atoms with Gasteiger partial charge in [-0.15, -0.1) is 11.3 Å². The summed E-state index contributed by atoms with van der Waals surface area (Å²) in [5.41, 5.74) is 6.28. The van der Waals surface area contributed by atoms with Gasteiger partial charge in [-0.1, -0.05) is 6.07 Å². The van der Waals surface area contributed by atoms with Crippen molar-refractivity contribution >= 4 is 33.3 Å². The van der Waals surface area contributed by atoms with Crippen molar-refractivity contribution in [3.05, 3.63) is 66.6 Å². The number of ether oxygens (including phenoxy) is 1. The number of fused-ring (bicyclic) bond motifs is 2. The van der Waals surface area contributed by atoms with Crippen LogP contribution in [0.25, 0.3) is 55.0 Å².